The number of hydrogen-bond acceptors (Lipinski definition) is 4. The molecule has 1 aromatic rings. The predicted octanol–water partition coefficient (Wildman–Crippen LogP) is 1.53. The van der Waals surface area contributed by atoms with Crippen molar-refractivity contribution in [3.05, 3.63) is 29.6 Å². The lowest BCUT2D eigenvalue weighted by Gasteiger charge is -2.20. The van der Waals surface area contributed by atoms with Gasteiger partial charge in [-0.1, -0.05) is 0 Å². The third kappa shape index (κ3) is 3.93. The molecule has 1 aromatic carbocycles. The van der Waals surface area contributed by atoms with Crippen molar-refractivity contribution in [2.24, 2.45) is 0 Å². The molecule has 8 heteroatoms. The number of urea groups is 1. The molecule has 3 rings (SSSR count). The van der Waals surface area contributed by atoms with Crippen LogP contribution in [0, 0.1) is 5.82 Å². The quantitative estimate of drug-likeness (QED) is 0.854. The molecule has 1 fully saturated rings. The van der Waals surface area contributed by atoms with E-state index >= 15 is 0 Å². The summed E-state index contributed by atoms with van der Waals surface area (Å²) in [6.45, 7) is 0.513. The van der Waals surface area contributed by atoms with Crippen LogP contribution >= 0.6 is 0 Å². The van der Waals surface area contributed by atoms with Crippen molar-refractivity contribution in [3.63, 3.8) is 0 Å². The smallest absolute Gasteiger partial charge is 0.315 e. The number of carbonyl (C=O) groups excluding carboxylic acids is 1. The van der Waals surface area contributed by atoms with Gasteiger partial charge in [-0.25, -0.2) is 17.6 Å². The van der Waals surface area contributed by atoms with Crippen molar-refractivity contribution in [2.45, 2.75) is 31.3 Å². The van der Waals surface area contributed by atoms with Gasteiger partial charge in [0, 0.05) is 11.6 Å². The number of amides is 2. The van der Waals surface area contributed by atoms with E-state index in [4.69, 9.17) is 4.74 Å². The lowest BCUT2D eigenvalue weighted by molar-refractivity contribution is 0.233. The summed E-state index contributed by atoms with van der Waals surface area (Å²) in [4.78, 5) is 12.1. The van der Waals surface area contributed by atoms with E-state index < -0.39 is 15.9 Å². The number of rotatable bonds is 2. The molecule has 0 bridgehead atoms. The molecule has 2 heterocycles. The summed E-state index contributed by atoms with van der Waals surface area (Å²) < 4.78 is 41.9. The predicted molar refractivity (Wildman–Crippen MR) is 82.6 cm³/mol. The standard InChI is InChI=1S/C15H19FN2O4S/c16-10-3-4-14-12(8-10)13(2-1-6-22-14)18-15(19)17-11-5-7-23(20,21)9-11/h3-4,8,11,13H,1-2,5-7,9H2,(H2,17,18,19)/t11-,13+/m0/s1. The first-order valence-electron chi connectivity index (χ1n) is 7.63. The Morgan fingerprint density at radius 3 is 2.83 bits per heavy atom. The molecule has 2 aliphatic rings. The molecule has 2 aliphatic heterocycles. The van der Waals surface area contributed by atoms with E-state index in [2.05, 4.69) is 10.6 Å². The van der Waals surface area contributed by atoms with Crippen LogP contribution in [0.25, 0.3) is 0 Å². The van der Waals surface area contributed by atoms with Crippen molar-refractivity contribution >= 4 is 15.9 Å². The average molecular weight is 342 g/mol. The molecule has 2 atom stereocenters. The van der Waals surface area contributed by atoms with Gasteiger partial charge in [-0.3, -0.25) is 0 Å². The number of hydrogen-bond donors (Lipinski definition) is 2. The van der Waals surface area contributed by atoms with Gasteiger partial charge in [0.2, 0.25) is 0 Å². The Bertz CT molecular complexity index is 707. The van der Waals surface area contributed by atoms with Crippen LogP contribution in [-0.2, 0) is 9.84 Å². The molecular weight excluding hydrogens is 323 g/mol. The zero-order valence-electron chi connectivity index (χ0n) is 12.5. The minimum absolute atomic E-state index is 0.0284. The number of halogens is 1. The van der Waals surface area contributed by atoms with Gasteiger partial charge in [0.1, 0.15) is 11.6 Å². The topological polar surface area (TPSA) is 84.5 Å². The summed E-state index contributed by atoms with van der Waals surface area (Å²) >= 11 is 0. The van der Waals surface area contributed by atoms with Crippen LogP contribution in [-0.4, -0.2) is 38.6 Å². The molecule has 0 aromatic heterocycles. The Morgan fingerprint density at radius 1 is 1.26 bits per heavy atom. The van der Waals surface area contributed by atoms with Crippen molar-refractivity contribution < 1.29 is 22.3 Å². The summed E-state index contributed by atoms with van der Waals surface area (Å²) in [5.41, 5.74) is 0.608. The van der Waals surface area contributed by atoms with E-state index in [0.717, 1.165) is 6.42 Å². The lowest BCUT2D eigenvalue weighted by atomic mass is 10.0. The Hall–Kier alpha value is -1.83. The minimum Gasteiger partial charge on any atom is -0.493 e. The van der Waals surface area contributed by atoms with Crippen molar-refractivity contribution in [1.82, 2.24) is 10.6 Å². The van der Waals surface area contributed by atoms with Gasteiger partial charge in [-0.05, 0) is 37.5 Å². The van der Waals surface area contributed by atoms with Gasteiger partial charge in [-0.2, -0.15) is 0 Å². The molecule has 23 heavy (non-hydrogen) atoms. The van der Waals surface area contributed by atoms with Gasteiger partial charge < -0.3 is 15.4 Å². The van der Waals surface area contributed by atoms with E-state index in [0.29, 0.717) is 30.8 Å². The third-order valence-corrected chi connectivity index (χ3v) is 5.88. The van der Waals surface area contributed by atoms with E-state index in [1.165, 1.54) is 12.1 Å². The fourth-order valence-corrected chi connectivity index (χ4v) is 4.67. The first-order chi connectivity index (χ1) is 10.9. The molecule has 1 saturated heterocycles. The van der Waals surface area contributed by atoms with Crippen LogP contribution < -0.4 is 15.4 Å². The van der Waals surface area contributed by atoms with Gasteiger partial charge >= 0.3 is 6.03 Å². The summed E-state index contributed by atoms with van der Waals surface area (Å²) in [5, 5.41) is 5.49. The number of nitrogens with one attached hydrogen (secondary N) is 2. The van der Waals surface area contributed by atoms with Crippen LogP contribution in [0.2, 0.25) is 0 Å². The lowest BCUT2D eigenvalue weighted by Crippen LogP contribution is -2.44. The van der Waals surface area contributed by atoms with Gasteiger partial charge in [0.05, 0.1) is 24.2 Å². The Morgan fingerprint density at radius 2 is 2.09 bits per heavy atom. The number of fused-ring (bicyclic) bond motifs is 1. The molecule has 0 unspecified atom stereocenters. The van der Waals surface area contributed by atoms with Gasteiger partial charge in [0.15, 0.2) is 9.84 Å². The molecule has 0 aliphatic carbocycles. The molecule has 0 saturated carbocycles. The van der Waals surface area contributed by atoms with E-state index in [1.807, 2.05) is 0 Å². The number of ether oxygens (including phenoxy) is 1. The second-order valence-corrected chi connectivity index (χ2v) is 8.17. The molecule has 2 amide bonds. The van der Waals surface area contributed by atoms with Crippen molar-refractivity contribution in [3.8, 4) is 5.75 Å². The zero-order chi connectivity index (χ0) is 16.4. The first-order valence-corrected chi connectivity index (χ1v) is 9.45. The monoisotopic (exact) mass is 342 g/mol. The van der Waals surface area contributed by atoms with Gasteiger partial charge in [-0.15, -0.1) is 0 Å². The highest BCUT2D eigenvalue weighted by Gasteiger charge is 2.30. The molecule has 126 valence electrons. The molecule has 2 N–H and O–H groups in total. The minimum atomic E-state index is -3.05. The second kappa shape index (κ2) is 6.35. The average Bonchev–Trinajstić information content (AvgIpc) is 2.70. The highest BCUT2D eigenvalue weighted by molar-refractivity contribution is 7.91. The van der Waals surface area contributed by atoms with E-state index in [1.54, 1.807) is 6.07 Å². The summed E-state index contributed by atoms with van der Waals surface area (Å²) in [6.07, 6.45) is 1.79. The Kier molecular flexibility index (Phi) is 4.43. The fraction of sp³-hybridized carbons (Fsp3) is 0.533. The van der Waals surface area contributed by atoms with Crippen molar-refractivity contribution in [2.75, 3.05) is 18.1 Å². The molecular formula is C15H19FN2O4S. The normalized spacial score (nSPS) is 25.8. The summed E-state index contributed by atoms with van der Waals surface area (Å²) in [5.74, 6) is 0.254. The van der Waals surface area contributed by atoms with Crippen LogP contribution in [0.1, 0.15) is 30.9 Å². The molecule has 0 spiro atoms. The molecule has 6 nitrogen and oxygen atoms in total. The number of benzene rings is 1. The highest BCUT2D eigenvalue weighted by atomic mass is 32.2. The second-order valence-electron chi connectivity index (χ2n) is 5.94. The fourth-order valence-electron chi connectivity index (χ4n) is 2.99. The van der Waals surface area contributed by atoms with Gasteiger partial charge in [0.25, 0.3) is 0 Å². The Balaban J connectivity index is 1.68. The maximum atomic E-state index is 13.5. The number of sulfone groups is 1. The van der Waals surface area contributed by atoms with Crippen LogP contribution in [0.15, 0.2) is 18.2 Å². The summed E-state index contributed by atoms with van der Waals surface area (Å²) in [6, 6.07) is 3.09. The SMILES string of the molecule is O=C(N[C@H]1CCS(=O)(=O)C1)N[C@@H]1CCCOc2ccc(F)cc21. The number of carbonyl (C=O) groups is 1. The van der Waals surface area contributed by atoms with Crippen LogP contribution in [0.5, 0.6) is 5.75 Å². The largest absolute Gasteiger partial charge is 0.493 e. The van der Waals surface area contributed by atoms with Crippen molar-refractivity contribution in [1.29, 1.82) is 0 Å². The maximum absolute atomic E-state index is 13.5. The first kappa shape index (κ1) is 16.0. The third-order valence-electron chi connectivity index (χ3n) is 4.11. The van der Waals surface area contributed by atoms with Crippen LogP contribution in [0.4, 0.5) is 9.18 Å². The highest BCUT2D eigenvalue weighted by Crippen LogP contribution is 2.32. The van der Waals surface area contributed by atoms with Crippen LogP contribution in [0.3, 0.4) is 0 Å². The van der Waals surface area contributed by atoms with E-state index in [-0.39, 0.29) is 29.4 Å². The zero-order valence-corrected chi connectivity index (χ0v) is 13.4. The summed E-state index contributed by atoms with van der Waals surface area (Å²) in [7, 11) is -3.05. The maximum Gasteiger partial charge on any atom is 0.315 e. The molecule has 0 radical (unpaired) electrons. The van der Waals surface area contributed by atoms with E-state index in [9.17, 15) is 17.6 Å². The Labute approximate surface area is 134 Å².